The van der Waals surface area contributed by atoms with Crippen LogP contribution >= 0.6 is 11.3 Å². The predicted molar refractivity (Wildman–Crippen MR) is 105 cm³/mol. The topological polar surface area (TPSA) is 64.0 Å². The number of nitrogens with one attached hydrogen (secondary N) is 1. The molecule has 1 aliphatic carbocycles. The summed E-state index contributed by atoms with van der Waals surface area (Å²) in [6.07, 6.45) is 6.95. The van der Waals surface area contributed by atoms with Crippen LogP contribution in [0, 0.1) is 6.92 Å². The van der Waals surface area contributed by atoms with Gasteiger partial charge in [-0.25, -0.2) is 4.98 Å². The Morgan fingerprint density at radius 1 is 1.27 bits per heavy atom. The number of hydrogen-bond acceptors (Lipinski definition) is 4. The number of anilines is 1. The molecule has 0 saturated carbocycles. The van der Waals surface area contributed by atoms with Crippen molar-refractivity contribution in [3.63, 3.8) is 0 Å². The Kier molecular flexibility index (Phi) is 4.59. The molecular weight excluding hydrogens is 346 g/mol. The summed E-state index contributed by atoms with van der Waals surface area (Å²) >= 11 is 1.63. The highest BCUT2D eigenvalue weighted by molar-refractivity contribution is 7.18. The number of benzene rings is 1. The molecule has 0 bridgehead atoms. The van der Waals surface area contributed by atoms with Crippen LogP contribution in [0.15, 0.2) is 35.4 Å². The molecule has 0 radical (unpaired) electrons. The molecule has 0 aliphatic heterocycles. The van der Waals surface area contributed by atoms with E-state index in [0.29, 0.717) is 0 Å². The lowest BCUT2D eigenvalue weighted by Gasteiger charge is -2.08. The first kappa shape index (κ1) is 17.0. The Morgan fingerprint density at radius 3 is 2.96 bits per heavy atom. The van der Waals surface area contributed by atoms with E-state index >= 15 is 0 Å². The Hall–Kier alpha value is -2.47. The number of amides is 1. The third-order valence-corrected chi connectivity index (χ3v) is 6.01. The van der Waals surface area contributed by atoms with Crippen molar-refractivity contribution in [1.82, 2.24) is 9.55 Å². The molecule has 2 aromatic heterocycles. The average Bonchev–Trinajstić information content (AvgIpc) is 2.80. The lowest BCUT2D eigenvalue weighted by atomic mass is 10.1. The van der Waals surface area contributed by atoms with Gasteiger partial charge in [0.1, 0.15) is 11.4 Å². The fourth-order valence-corrected chi connectivity index (χ4v) is 4.77. The van der Waals surface area contributed by atoms with Crippen LogP contribution in [0.1, 0.15) is 35.3 Å². The van der Waals surface area contributed by atoms with Crippen molar-refractivity contribution in [2.75, 3.05) is 5.32 Å². The van der Waals surface area contributed by atoms with Crippen LogP contribution in [0.2, 0.25) is 0 Å². The maximum absolute atomic E-state index is 13.0. The van der Waals surface area contributed by atoms with E-state index in [1.807, 2.05) is 31.2 Å². The molecule has 1 amide bonds. The van der Waals surface area contributed by atoms with Gasteiger partial charge in [0, 0.05) is 10.6 Å². The maximum Gasteiger partial charge on any atom is 0.262 e. The minimum absolute atomic E-state index is 0.0274. The molecule has 0 unspecified atom stereocenters. The number of rotatable bonds is 3. The largest absolute Gasteiger partial charge is 0.325 e. The summed E-state index contributed by atoms with van der Waals surface area (Å²) in [5.41, 5.74) is 2.87. The van der Waals surface area contributed by atoms with Gasteiger partial charge in [-0.15, -0.1) is 11.3 Å². The minimum atomic E-state index is -0.222. The highest BCUT2D eigenvalue weighted by Crippen LogP contribution is 2.32. The molecule has 1 N–H and O–H groups in total. The quantitative estimate of drug-likeness (QED) is 0.718. The van der Waals surface area contributed by atoms with Gasteiger partial charge in [0.15, 0.2) is 0 Å². The van der Waals surface area contributed by atoms with E-state index < -0.39 is 0 Å². The summed E-state index contributed by atoms with van der Waals surface area (Å²) in [7, 11) is 0. The van der Waals surface area contributed by atoms with Gasteiger partial charge in [0.2, 0.25) is 5.91 Å². The maximum atomic E-state index is 13.0. The number of nitrogens with zero attached hydrogens (tertiary/aromatic N) is 2. The van der Waals surface area contributed by atoms with Crippen molar-refractivity contribution in [3.05, 3.63) is 57.0 Å². The number of thiophene rings is 1. The lowest BCUT2D eigenvalue weighted by Crippen LogP contribution is -2.28. The van der Waals surface area contributed by atoms with E-state index in [1.54, 1.807) is 11.3 Å². The second kappa shape index (κ2) is 7.03. The third kappa shape index (κ3) is 3.29. The molecule has 0 atom stereocenters. The molecule has 5 nitrogen and oxygen atoms in total. The van der Waals surface area contributed by atoms with Gasteiger partial charge in [-0.1, -0.05) is 18.6 Å². The zero-order valence-electron chi connectivity index (χ0n) is 14.7. The highest BCUT2D eigenvalue weighted by Gasteiger charge is 2.19. The smallest absolute Gasteiger partial charge is 0.262 e. The van der Waals surface area contributed by atoms with E-state index in [0.717, 1.165) is 46.3 Å². The van der Waals surface area contributed by atoms with Crippen molar-refractivity contribution in [2.45, 2.75) is 45.6 Å². The highest BCUT2D eigenvalue weighted by atomic mass is 32.1. The van der Waals surface area contributed by atoms with E-state index in [2.05, 4.69) is 10.3 Å². The Labute approximate surface area is 155 Å². The number of aromatic nitrogens is 2. The van der Waals surface area contributed by atoms with Gasteiger partial charge in [-0.3, -0.25) is 14.2 Å². The minimum Gasteiger partial charge on any atom is -0.325 e. The van der Waals surface area contributed by atoms with Crippen molar-refractivity contribution >= 4 is 33.1 Å². The number of fused-ring (bicyclic) bond motifs is 3. The van der Waals surface area contributed by atoms with Crippen LogP contribution in [-0.2, 0) is 24.2 Å². The standard InChI is InChI=1S/C20H21N3O2S/c1-13-6-5-7-14(10-13)22-17(24)11-23-12-21-19-18(20(23)25)15-8-3-2-4-9-16(15)26-19/h5-7,10,12H,2-4,8-9,11H2,1H3,(H,22,24). The van der Waals surface area contributed by atoms with Crippen molar-refractivity contribution in [2.24, 2.45) is 0 Å². The molecule has 3 aromatic rings. The molecule has 1 aliphatic rings. The molecule has 1 aromatic carbocycles. The van der Waals surface area contributed by atoms with Gasteiger partial charge in [0.05, 0.1) is 11.7 Å². The number of carbonyl (C=O) groups excluding carboxylic acids is 1. The second-order valence-electron chi connectivity index (χ2n) is 6.84. The van der Waals surface area contributed by atoms with Crippen LogP contribution in [0.3, 0.4) is 0 Å². The third-order valence-electron chi connectivity index (χ3n) is 4.81. The van der Waals surface area contributed by atoms with Crippen molar-refractivity contribution in [1.29, 1.82) is 0 Å². The Morgan fingerprint density at radius 2 is 2.12 bits per heavy atom. The molecule has 0 fully saturated rings. The van der Waals surface area contributed by atoms with E-state index in [-0.39, 0.29) is 18.0 Å². The fourth-order valence-electron chi connectivity index (χ4n) is 3.55. The van der Waals surface area contributed by atoms with Crippen LogP contribution < -0.4 is 10.9 Å². The zero-order valence-corrected chi connectivity index (χ0v) is 15.6. The second-order valence-corrected chi connectivity index (χ2v) is 7.92. The molecule has 6 heteroatoms. The monoisotopic (exact) mass is 367 g/mol. The van der Waals surface area contributed by atoms with E-state index in [4.69, 9.17) is 0 Å². The lowest BCUT2D eigenvalue weighted by molar-refractivity contribution is -0.116. The SMILES string of the molecule is Cc1cccc(NC(=O)Cn2cnc3sc4c(c3c2=O)CCCCC4)c1. The van der Waals surface area contributed by atoms with Crippen LogP contribution in [0.25, 0.3) is 10.2 Å². The average molecular weight is 367 g/mol. The zero-order chi connectivity index (χ0) is 18.1. The summed E-state index contributed by atoms with van der Waals surface area (Å²) in [5.74, 6) is -0.222. The van der Waals surface area contributed by atoms with Gasteiger partial charge in [-0.05, 0) is 55.9 Å². The number of hydrogen-bond donors (Lipinski definition) is 1. The van der Waals surface area contributed by atoms with Gasteiger partial charge in [-0.2, -0.15) is 0 Å². The predicted octanol–water partition coefficient (Wildman–Crippen LogP) is 3.67. The van der Waals surface area contributed by atoms with Crippen LogP contribution in [0.4, 0.5) is 5.69 Å². The first-order valence-electron chi connectivity index (χ1n) is 8.98. The molecule has 0 spiro atoms. The van der Waals surface area contributed by atoms with Gasteiger partial charge in [0.25, 0.3) is 5.56 Å². The molecule has 26 heavy (non-hydrogen) atoms. The van der Waals surface area contributed by atoms with Crippen molar-refractivity contribution in [3.8, 4) is 0 Å². The normalized spacial score (nSPS) is 14.0. The summed E-state index contributed by atoms with van der Waals surface area (Å²) in [6, 6.07) is 7.61. The number of carbonyl (C=O) groups is 1. The summed E-state index contributed by atoms with van der Waals surface area (Å²) in [6.45, 7) is 1.95. The first-order valence-corrected chi connectivity index (χ1v) is 9.79. The molecule has 4 rings (SSSR count). The Balaban J connectivity index is 1.62. The summed E-state index contributed by atoms with van der Waals surface area (Å²) in [4.78, 5) is 31.9. The molecule has 2 heterocycles. The van der Waals surface area contributed by atoms with E-state index in [1.165, 1.54) is 28.6 Å². The van der Waals surface area contributed by atoms with Crippen LogP contribution in [-0.4, -0.2) is 15.5 Å². The Bertz CT molecular complexity index is 1040. The van der Waals surface area contributed by atoms with Crippen LogP contribution in [0.5, 0.6) is 0 Å². The number of aryl methyl sites for hydroxylation is 3. The molecule has 134 valence electrons. The fraction of sp³-hybridized carbons (Fsp3) is 0.350. The van der Waals surface area contributed by atoms with E-state index in [9.17, 15) is 9.59 Å². The van der Waals surface area contributed by atoms with Crippen molar-refractivity contribution < 1.29 is 4.79 Å². The van der Waals surface area contributed by atoms with Gasteiger partial charge < -0.3 is 5.32 Å². The molecular formula is C20H21N3O2S. The summed E-state index contributed by atoms with van der Waals surface area (Å²) in [5, 5.41) is 3.57. The van der Waals surface area contributed by atoms with Gasteiger partial charge >= 0.3 is 0 Å². The summed E-state index contributed by atoms with van der Waals surface area (Å²) < 4.78 is 1.42. The molecule has 0 saturated heterocycles. The first-order chi connectivity index (χ1) is 12.6.